The predicted octanol–water partition coefficient (Wildman–Crippen LogP) is 3.50. The number of ketones is 1. The smallest absolute Gasteiger partial charge is 0.319 e. The molecule has 0 atom stereocenters. The van der Waals surface area contributed by atoms with Crippen molar-refractivity contribution in [2.24, 2.45) is 16.9 Å². The first-order valence-electron chi connectivity index (χ1n) is 12.8. The van der Waals surface area contributed by atoms with Gasteiger partial charge in [0.15, 0.2) is 5.78 Å². The Morgan fingerprint density at radius 2 is 1.92 bits per heavy atom. The number of Topliss-reactive ketones (excluding diaryl/α,β-unsaturated/α-hetero) is 1. The van der Waals surface area contributed by atoms with Gasteiger partial charge in [0.05, 0.1) is 12.1 Å². The molecule has 9 nitrogen and oxygen atoms in total. The number of fused-ring (bicyclic) bond motifs is 3. The van der Waals surface area contributed by atoms with Gasteiger partial charge >= 0.3 is 5.97 Å². The van der Waals surface area contributed by atoms with Gasteiger partial charge in [-0.25, -0.2) is 4.98 Å². The lowest BCUT2D eigenvalue weighted by Gasteiger charge is -2.31. The van der Waals surface area contributed by atoms with Crippen molar-refractivity contribution in [1.29, 1.82) is 0 Å². The fourth-order valence-electron chi connectivity index (χ4n) is 5.75. The highest BCUT2D eigenvalue weighted by molar-refractivity contribution is 6.10. The van der Waals surface area contributed by atoms with Crippen LogP contribution in [0.5, 0.6) is 0 Å². The zero-order valence-electron chi connectivity index (χ0n) is 21.3. The second-order valence-corrected chi connectivity index (χ2v) is 10.9. The van der Waals surface area contributed by atoms with Crippen LogP contribution in [0.15, 0.2) is 36.5 Å². The van der Waals surface area contributed by atoms with E-state index in [2.05, 4.69) is 24.1 Å². The van der Waals surface area contributed by atoms with Crippen molar-refractivity contribution in [3.05, 3.63) is 53.3 Å². The number of ether oxygens (including phenoxy) is 1. The molecule has 1 aromatic carbocycles. The van der Waals surface area contributed by atoms with E-state index in [1.54, 1.807) is 12.3 Å². The van der Waals surface area contributed by atoms with Crippen LogP contribution in [0.3, 0.4) is 0 Å². The van der Waals surface area contributed by atoms with Crippen LogP contribution in [-0.2, 0) is 16.0 Å². The molecule has 2 heterocycles. The molecule has 0 bridgehead atoms. The number of hydrogen-bond acceptors (Lipinski definition) is 7. The van der Waals surface area contributed by atoms with E-state index in [4.69, 9.17) is 16.2 Å². The summed E-state index contributed by atoms with van der Waals surface area (Å²) in [5.41, 5.74) is 15.2. The second kappa shape index (κ2) is 9.63. The average molecular weight is 504 g/mol. The second-order valence-electron chi connectivity index (χ2n) is 10.9. The number of pyridine rings is 1. The summed E-state index contributed by atoms with van der Waals surface area (Å²) in [7, 11) is 0. The zero-order chi connectivity index (χ0) is 26.3. The summed E-state index contributed by atoms with van der Waals surface area (Å²) in [6.45, 7) is 4.09. The summed E-state index contributed by atoms with van der Waals surface area (Å²) in [6, 6.07) is 9.39. The van der Waals surface area contributed by atoms with Crippen LogP contribution >= 0.6 is 0 Å². The third-order valence-electron chi connectivity index (χ3n) is 7.42. The van der Waals surface area contributed by atoms with E-state index in [0.717, 1.165) is 47.2 Å². The van der Waals surface area contributed by atoms with E-state index in [1.165, 1.54) is 0 Å². The van der Waals surface area contributed by atoms with Crippen molar-refractivity contribution < 1.29 is 19.1 Å². The first-order valence-corrected chi connectivity index (χ1v) is 12.8. The van der Waals surface area contributed by atoms with Gasteiger partial charge in [-0.05, 0) is 67.9 Å². The largest absolute Gasteiger partial charge is 0.461 e. The topological polar surface area (TPSA) is 142 Å². The van der Waals surface area contributed by atoms with Gasteiger partial charge in [0, 0.05) is 46.7 Å². The van der Waals surface area contributed by atoms with E-state index in [1.807, 2.05) is 28.8 Å². The number of nitrogens with one attached hydrogen (secondary N) is 1. The number of nitrogens with two attached hydrogens (primary N) is 2. The highest BCUT2D eigenvalue weighted by Crippen LogP contribution is 2.41. The molecule has 0 radical (unpaired) electrons. The SMILES string of the molecule is CC1(C)CC(=O)c2c(n(-c3ccc(C(N)=O)c(NC4CCC(OC(=O)CN)CC4)c3)c3ncccc23)C1. The number of hydrogen-bond donors (Lipinski definition) is 3. The fourth-order valence-corrected chi connectivity index (χ4v) is 5.75. The summed E-state index contributed by atoms with van der Waals surface area (Å²) in [5.74, 6) is -0.784. The summed E-state index contributed by atoms with van der Waals surface area (Å²) in [4.78, 5) is 41.7. The Morgan fingerprint density at radius 1 is 1.16 bits per heavy atom. The van der Waals surface area contributed by atoms with E-state index >= 15 is 0 Å². The number of carbonyl (C=O) groups is 3. The number of rotatable bonds is 6. The molecule has 0 unspecified atom stereocenters. The molecule has 1 amide bonds. The molecule has 0 aliphatic heterocycles. The molecular weight excluding hydrogens is 470 g/mol. The van der Waals surface area contributed by atoms with Crippen molar-refractivity contribution in [2.75, 3.05) is 11.9 Å². The molecular formula is C28H33N5O4. The normalized spacial score (nSPS) is 20.9. The molecule has 194 valence electrons. The van der Waals surface area contributed by atoms with E-state index < -0.39 is 11.9 Å². The average Bonchev–Trinajstić information content (AvgIpc) is 3.18. The molecule has 0 spiro atoms. The van der Waals surface area contributed by atoms with Crippen LogP contribution in [0.4, 0.5) is 5.69 Å². The third-order valence-corrected chi connectivity index (χ3v) is 7.42. The first kappa shape index (κ1) is 25.0. The van der Waals surface area contributed by atoms with Crippen molar-refractivity contribution in [1.82, 2.24) is 9.55 Å². The Bertz CT molecular complexity index is 1380. The summed E-state index contributed by atoms with van der Waals surface area (Å²) >= 11 is 0. The molecule has 37 heavy (non-hydrogen) atoms. The number of aromatic nitrogens is 2. The summed E-state index contributed by atoms with van der Waals surface area (Å²) in [5, 5.41) is 4.35. The molecule has 2 aliphatic carbocycles. The van der Waals surface area contributed by atoms with Gasteiger partial charge < -0.3 is 21.5 Å². The van der Waals surface area contributed by atoms with Gasteiger partial charge in [0.25, 0.3) is 5.91 Å². The standard InChI is InChI=1S/C28H33N5O4/c1-28(2)13-22-25(23(34)14-28)20-4-3-11-31-27(20)33(22)17-7-10-19(26(30)36)21(12-17)32-16-5-8-18(9-6-16)37-24(35)15-29/h3-4,7,10-12,16,18,32H,5-6,8-9,13-15,29H2,1-2H3,(H2,30,36). The van der Waals surface area contributed by atoms with E-state index in [0.29, 0.717) is 30.5 Å². The van der Waals surface area contributed by atoms with Crippen molar-refractivity contribution in [3.8, 4) is 5.69 Å². The van der Waals surface area contributed by atoms with Gasteiger partial charge in [0.2, 0.25) is 0 Å². The lowest BCUT2D eigenvalue weighted by Crippen LogP contribution is -2.33. The molecule has 5 N–H and O–H groups in total. The molecule has 2 aliphatic rings. The molecule has 1 fully saturated rings. The Hall–Kier alpha value is -3.72. The lowest BCUT2D eigenvalue weighted by molar-refractivity contribution is -0.148. The quantitative estimate of drug-likeness (QED) is 0.437. The van der Waals surface area contributed by atoms with Crippen LogP contribution < -0.4 is 16.8 Å². The van der Waals surface area contributed by atoms with Gasteiger partial charge in [0.1, 0.15) is 11.8 Å². The summed E-state index contributed by atoms with van der Waals surface area (Å²) in [6.07, 6.45) is 5.79. The number of primary amides is 1. The minimum Gasteiger partial charge on any atom is -0.461 e. The van der Waals surface area contributed by atoms with Crippen molar-refractivity contribution >= 4 is 34.4 Å². The Kier molecular flexibility index (Phi) is 6.49. The maximum absolute atomic E-state index is 13.2. The highest BCUT2D eigenvalue weighted by atomic mass is 16.5. The minimum atomic E-state index is -0.520. The summed E-state index contributed by atoms with van der Waals surface area (Å²) < 4.78 is 7.43. The number of amides is 1. The lowest BCUT2D eigenvalue weighted by atomic mass is 9.75. The van der Waals surface area contributed by atoms with Crippen LogP contribution in [-0.4, -0.2) is 45.9 Å². The molecule has 9 heteroatoms. The Morgan fingerprint density at radius 3 is 2.62 bits per heavy atom. The van der Waals surface area contributed by atoms with Gasteiger partial charge in [-0.2, -0.15) is 0 Å². The minimum absolute atomic E-state index is 0.0927. The number of carbonyl (C=O) groups excluding carboxylic acids is 3. The number of esters is 1. The van der Waals surface area contributed by atoms with Crippen LogP contribution in [0.25, 0.3) is 16.7 Å². The molecule has 2 aromatic heterocycles. The van der Waals surface area contributed by atoms with E-state index in [9.17, 15) is 14.4 Å². The number of nitrogens with zero attached hydrogens (tertiary/aromatic N) is 2. The van der Waals surface area contributed by atoms with Gasteiger partial charge in [-0.3, -0.25) is 19.0 Å². The van der Waals surface area contributed by atoms with Crippen LogP contribution in [0.2, 0.25) is 0 Å². The highest BCUT2D eigenvalue weighted by Gasteiger charge is 2.36. The fraction of sp³-hybridized carbons (Fsp3) is 0.429. The Labute approximate surface area is 215 Å². The van der Waals surface area contributed by atoms with Crippen molar-refractivity contribution in [3.63, 3.8) is 0 Å². The van der Waals surface area contributed by atoms with E-state index in [-0.39, 0.29) is 29.9 Å². The molecule has 1 saturated carbocycles. The van der Waals surface area contributed by atoms with Crippen LogP contribution in [0, 0.1) is 5.41 Å². The molecule has 3 aromatic rings. The van der Waals surface area contributed by atoms with Crippen molar-refractivity contribution in [2.45, 2.75) is 64.5 Å². The number of benzene rings is 1. The predicted molar refractivity (Wildman–Crippen MR) is 141 cm³/mol. The maximum atomic E-state index is 13.2. The zero-order valence-corrected chi connectivity index (χ0v) is 21.3. The van der Waals surface area contributed by atoms with Gasteiger partial charge in [-0.15, -0.1) is 0 Å². The molecule has 5 rings (SSSR count). The maximum Gasteiger partial charge on any atom is 0.319 e. The Balaban J connectivity index is 1.51. The number of anilines is 1. The third kappa shape index (κ3) is 4.83. The van der Waals surface area contributed by atoms with Crippen LogP contribution in [0.1, 0.15) is 72.4 Å². The first-order chi connectivity index (χ1) is 17.7. The monoisotopic (exact) mass is 503 g/mol. The van der Waals surface area contributed by atoms with Gasteiger partial charge in [-0.1, -0.05) is 13.8 Å². The molecule has 0 saturated heterocycles.